The standard InChI is InChI=1S/C21H21N7OS/c1-14(25-29)16-7-9-17(10-8-16)20-12-28(26-23-20)19-6-4-5-18(11-19)15(2)30-21-24-22-13-27(21)3/h4-15H,1-3H3/t14?,15-/m0/s1. The minimum absolute atomic E-state index is 0.205. The van der Waals surface area contributed by atoms with Crippen LogP contribution in [0, 0.1) is 4.91 Å². The van der Waals surface area contributed by atoms with Crippen LogP contribution < -0.4 is 0 Å². The average Bonchev–Trinajstić information content (AvgIpc) is 3.43. The second-order valence-electron chi connectivity index (χ2n) is 7.03. The molecule has 2 atom stereocenters. The Bertz CT molecular complexity index is 1150. The number of hydrogen-bond acceptors (Lipinski definition) is 7. The van der Waals surface area contributed by atoms with Gasteiger partial charge in [0.25, 0.3) is 0 Å². The SMILES string of the molecule is CC(N=O)c1ccc(-c2cn(-c3cccc([C@H](C)Sc4nncn4C)c3)nn2)cc1. The monoisotopic (exact) mass is 419 g/mol. The molecule has 0 aliphatic rings. The van der Waals surface area contributed by atoms with Crippen LogP contribution in [0.15, 0.2) is 71.4 Å². The van der Waals surface area contributed by atoms with E-state index in [1.54, 1.807) is 29.7 Å². The van der Waals surface area contributed by atoms with Crippen molar-refractivity contribution in [3.8, 4) is 16.9 Å². The molecule has 0 bridgehead atoms. The molecule has 0 spiro atoms. The summed E-state index contributed by atoms with van der Waals surface area (Å²) in [5, 5.41) is 20.8. The fourth-order valence-electron chi connectivity index (χ4n) is 3.04. The summed E-state index contributed by atoms with van der Waals surface area (Å²) in [4.78, 5) is 10.7. The van der Waals surface area contributed by atoms with Gasteiger partial charge in [-0.1, -0.05) is 58.6 Å². The molecule has 8 nitrogen and oxygen atoms in total. The zero-order chi connectivity index (χ0) is 21.1. The lowest BCUT2D eigenvalue weighted by Gasteiger charge is -2.12. The number of hydrogen-bond donors (Lipinski definition) is 0. The summed E-state index contributed by atoms with van der Waals surface area (Å²) < 4.78 is 3.67. The van der Waals surface area contributed by atoms with Gasteiger partial charge in [0.15, 0.2) is 5.16 Å². The lowest BCUT2D eigenvalue weighted by atomic mass is 10.1. The van der Waals surface area contributed by atoms with Crippen LogP contribution in [0.1, 0.15) is 36.3 Å². The van der Waals surface area contributed by atoms with E-state index in [0.717, 1.165) is 33.2 Å². The van der Waals surface area contributed by atoms with E-state index in [1.165, 1.54) is 0 Å². The van der Waals surface area contributed by atoms with Crippen molar-refractivity contribution in [3.05, 3.63) is 77.1 Å². The quantitative estimate of drug-likeness (QED) is 0.317. The van der Waals surface area contributed by atoms with Gasteiger partial charge in [-0.05, 0) is 37.1 Å². The van der Waals surface area contributed by atoms with E-state index >= 15 is 0 Å². The highest BCUT2D eigenvalue weighted by Gasteiger charge is 2.13. The van der Waals surface area contributed by atoms with Crippen LogP contribution in [0.3, 0.4) is 0 Å². The van der Waals surface area contributed by atoms with Gasteiger partial charge in [0, 0.05) is 17.9 Å². The molecule has 30 heavy (non-hydrogen) atoms. The highest BCUT2D eigenvalue weighted by atomic mass is 32.2. The summed E-state index contributed by atoms with van der Waals surface area (Å²) in [5.74, 6) is 0. The number of aromatic nitrogens is 6. The largest absolute Gasteiger partial charge is 0.312 e. The van der Waals surface area contributed by atoms with Crippen molar-refractivity contribution >= 4 is 11.8 Å². The van der Waals surface area contributed by atoms with Crippen LogP contribution in [0.2, 0.25) is 0 Å². The van der Waals surface area contributed by atoms with Crippen LogP contribution in [-0.4, -0.2) is 29.8 Å². The van der Waals surface area contributed by atoms with E-state index in [9.17, 15) is 4.91 Å². The van der Waals surface area contributed by atoms with Crippen LogP contribution in [-0.2, 0) is 7.05 Å². The van der Waals surface area contributed by atoms with Gasteiger partial charge < -0.3 is 4.57 Å². The van der Waals surface area contributed by atoms with E-state index in [1.807, 2.05) is 54.2 Å². The third kappa shape index (κ3) is 4.16. The number of benzene rings is 2. The molecular formula is C21H21N7OS. The van der Waals surface area contributed by atoms with Crippen molar-refractivity contribution in [2.24, 2.45) is 12.2 Å². The molecule has 2 aromatic carbocycles. The van der Waals surface area contributed by atoms with Crippen molar-refractivity contribution in [3.63, 3.8) is 0 Å². The Morgan fingerprint density at radius 3 is 2.53 bits per heavy atom. The molecule has 0 radical (unpaired) electrons. The minimum Gasteiger partial charge on any atom is -0.312 e. The Hall–Kier alpha value is -3.33. The number of aryl methyl sites for hydroxylation is 1. The fraction of sp³-hybridized carbons (Fsp3) is 0.238. The Morgan fingerprint density at radius 2 is 1.83 bits per heavy atom. The highest BCUT2D eigenvalue weighted by molar-refractivity contribution is 7.99. The van der Waals surface area contributed by atoms with Gasteiger partial charge in [-0.3, -0.25) is 0 Å². The van der Waals surface area contributed by atoms with Gasteiger partial charge in [-0.2, -0.15) is 4.91 Å². The van der Waals surface area contributed by atoms with Gasteiger partial charge in [-0.15, -0.1) is 15.3 Å². The Balaban J connectivity index is 1.54. The highest BCUT2D eigenvalue weighted by Crippen LogP contribution is 2.34. The van der Waals surface area contributed by atoms with Gasteiger partial charge >= 0.3 is 0 Å². The number of rotatable bonds is 7. The van der Waals surface area contributed by atoms with E-state index in [2.05, 4.69) is 44.7 Å². The van der Waals surface area contributed by atoms with Crippen molar-refractivity contribution in [2.45, 2.75) is 30.3 Å². The lowest BCUT2D eigenvalue weighted by molar-refractivity contribution is 0.784. The summed E-state index contributed by atoms with van der Waals surface area (Å²) >= 11 is 1.66. The molecule has 152 valence electrons. The molecule has 0 N–H and O–H groups in total. The zero-order valence-corrected chi connectivity index (χ0v) is 17.7. The first-order valence-electron chi connectivity index (χ1n) is 9.51. The molecule has 0 amide bonds. The first kappa shape index (κ1) is 20.0. The normalized spacial score (nSPS) is 13.2. The molecule has 0 aliphatic heterocycles. The van der Waals surface area contributed by atoms with E-state index in [-0.39, 0.29) is 11.3 Å². The molecule has 1 unspecified atom stereocenters. The van der Waals surface area contributed by atoms with Gasteiger partial charge in [-0.25, -0.2) is 4.68 Å². The third-order valence-corrected chi connectivity index (χ3v) is 6.10. The van der Waals surface area contributed by atoms with Crippen LogP contribution >= 0.6 is 11.8 Å². The molecule has 2 heterocycles. The predicted octanol–water partition coefficient (Wildman–Crippen LogP) is 4.74. The fourth-order valence-corrected chi connectivity index (χ4v) is 3.95. The molecule has 0 saturated heterocycles. The van der Waals surface area contributed by atoms with E-state index in [0.29, 0.717) is 0 Å². The summed E-state index contributed by atoms with van der Waals surface area (Å²) in [7, 11) is 1.94. The number of thioether (sulfide) groups is 1. The molecule has 2 aromatic heterocycles. The van der Waals surface area contributed by atoms with E-state index in [4.69, 9.17) is 0 Å². The van der Waals surface area contributed by atoms with Crippen molar-refractivity contribution in [1.29, 1.82) is 0 Å². The van der Waals surface area contributed by atoms with Crippen LogP contribution in [0.25, 0.3) is 16.9 Å². The first-order chi connectivity index (χ1) is 14.5. The maximum atomic E-state index is 10.7. The molecule has 0 saturated carbocycles. The first-order valence-corrected chi connectivity index (χ1v) is 10.4. The Labute approximate surface area is 178 Å². The van der Waals surface area contributed by atoms with Gasteiger partial charge in [0.1, 0.15) is 18.1 Å². The van der Waals surface area contributed by atoms with E-state index < -0.39 is 0 Å². The lowest BCUT2D eigenvalue weighted by Crippen LogP contribution is -1.98. The maximum absolute atomic E-state index is 10.7. The molecule has 4 rings (SSSR count). The third-order valence-electron chi connectivity index (χ3n) is 4.90. The topological polar surface area (TPSA) is 90.8 Å². The molecule has 9 heteroatoms. The van der Waals surface area contributed by atoms with Gasteiger partial charge in [0.05, 0.1) is 11.9 Å². The van der Waals surface area contributed by atoms with Gasteiger partial charge in [0.2, 0.25) is 0 Å². The number of nitrogens with zero attached hydrogens (tertiary/aromatic N) is 7. The van der Waals surface area contributed by atoms with Crippen molar-refractivity contribution < 1.29 is 0 Å². The zero-order valence-electron chi connectivity index (χ0n) is 16.9. The smallest absolute Gasteiger partial charge is 0.191 e. The second-order valence-corrected chi connectivity index (χ2v) is 8.34. The van der Waals surface area contributed by atoms with Crippen LogP contribution in [0.5, 0.6) is 0 Å². The number of nitroso groups, excluding NO2 is 1. The van der Waals surface area contributed by atoms with Crippen molar-refractivity contribution in [2.75, 3.05) is 0 Å². The summed E-state index contributed by atoms with van der Waals surface area (Å²) in [6.45, 7) is 3.91. The maximum Gasteiger partial charge on any atom is 0.191 e. The van der Waals surface area contributed by atoms with Crippen LogP contribution in [0.4, 0.5) is 0 Å². The minimum atomic E-state index is -0.362. The summed E-state index contributed by atoms with van der Waals surface area (Å²) in [5.41, 5.74) is 4.68. The molecule has 0 fully saturated rings. The Kier molecular flexibility index (Phi) is 5.71. The second kappa shape index (κ2) is 8.58. The summed E-state index contributed by atoms with van der Waals surface area (Å²) in [6.07, 6.45) is 3.60. The molecule has 0 aliphatic carbocycles. The molecular weight excluding hydrogens is 398 g/mol. The van der Waals surface area contributed by atoms with Crippen molar-refractivity contribution in [1.82, 2.24) is 29.8 Å². The predicted molar refractivity (Wildman–Crippen MR) is 116 cm³/mol. The Morgan fingerprint density at radius 1 is 1.03 bits per heavy atom. The average molecular weight is 420 g/mol. The molecule has 4 aromatic rings. The summed E-state index contributed by atoms with van der Waals surface area (Å²) in [6, 6.07) is 15.5.